The maximum atomic E-state index is 13.2. The van der Waals surface area contributed by atoms with Crippen LogP contribution in [0.1, 0.15) is 73.2 Å². The van der Waals surface area contributed by atoms with Crippen molar-refractivity contribution < 1.29 is 34.1 Å². The molecule has 4 N–H and O–H groups in total. The average Bonchev–Trinajstić information content (AvgIpc) is 3.43. The van der Waals surface area contributed by atoms with E-state index in [0.29, 0.717) is 32.6 Å². The lowest BCUT2D eigenvalue weighted by molar-refractivity contribution is -0.253. The van der Waals surface area contributed by atoms with Gasteiger partial charge in [-0.1, -0.05) is 66.7 Å². The van der Waals surface area contributed by atoms with Crippen molar-refractivity contribution in [3.8, 4) is 0 Å². The largest absolute Gasteiger partial charge is 0.481 e. The van der Waals surface area contributed by atoms with Gasteiger partial charge >= 0.3 is 5.97 Å². The Morgan fingerprint density at radius 2 is 1.58 bits per heavy atom. The van der Waals surface area contributed by atoms with Gasteiger partial charge in [0.25, 0.3) is 0 Å². The number of hydrogen-bond acceptors (Lipinski definition) is 8. The number of rotatable bonds is 12. The van der Waals surface area contributed by atoms with Crippen LogP contribution in [0.25, 0.3) is 0 Å². The van der Waals surface area contributed by atoms with Crippen molar-refractivity contribution in [2.24, 2.45) is 0 Å². The molecule has 3 aromatic rings. The number of anilines is 1. The molecule has 254 valence electrons. The summed E-state index contributed by atoms with van der Waals surface area (Å²) in [4.78, 5) is 40.6. The number of nitrogens with one attached hydrogen (secondary N) is 2. The third-order valence-electron chi connectivity index (χ3n) is 9.70. The molecule has 3 aliphatic rings. The minimum absolute atomic E-state index is 0.0223. The van der Waals surface area contributed by atoms with Crippen molar-refractivity contribution in [2.45, 2.75) is 75.7 Å². The molecule has 1 spiro atoms. The van der Waals surface area contributed by atoms with Crippen molar-refractivity contribution >= 4 is 23.5 Å². The summed E-state index contributed by atoms with van der Waals surface area (Å²) in [7, 11) is 0. The van der Waals surface area contributed by atoms with Crippen molar-refractivity contribution in [3.05, 3.63) is 101 Å². The number of aliphatic hydroxyl groups is 1. The Labute approximate surface area is 280 Å². The van der Waals surface area contributed by atoms with E-state index in [1.165, 1.54) is 0 Å². The Hall–Kier alpha value is -4.29. The van der Waals surface area contributed by atoms with E-state index in [4.69, 9.17) is 14.6 Å². The first-order chi connectivity index (χ1) is 23.3. The molecule has 11 nitrogen and oxygen atoms in total. The zero-order valence-electron chi connectivity index (χ0n) is 27.1. The lowest BCUT2D eigenvalue weighted by atomic mass is 9.85. The number of aliphatic hydroxyl groups excluding tert-OH is 1. The van der Waals surface area contributed by atoms with Gasteiger partial charge in [0.1, 0.15) is 5.54 Å². The maximum absolute atomic E-state index is 13.2. The predicted octanol–water partition coefficient (Wildman–Crippen LogP) is 4.02. The van der Waals surface area contributed by atoms with Crippen LogP contribution in [0.4, 0.5) is 5.69 Å². The molecular formula is C37H44N4O7. The van der Waals surface area contributed by atoms with E-state index in [1.54, 1.807) is 0 Å². The number of benzene rings is 3. The van der Waals surface area contributed by atoms with Crippen LogP contribution in [-0.4, -0.2) is 70.8 Å². The lowest BCUT2D eigenvalue weighted by Crippen LogP contribution is -2.57. The highest BCUT2D eigenvalue weighted by Crippen LogP contribution is 2.40. The second-order valence-electron chi connectivity index (χ2n) is 12.9. The fourth-order valence-electron chi connectivity index (χ4n) is 6.94. The minimum atomic E-state index is -0.908. The molecule has 3 aromatic carbocycles. The van der Waals surface area contributed by atoms with E-state index >= 15 is 0 Å². The van der Waals surface area contributed by atoms with E-state index in [2.05, 4.69) is 32.6 Å². The third-order valence-corrected chi connectivity index (χ3v) is 9.70. The number of likely N-dealkylation sites (tertiary alicyclic amines) is 1. The number of aliphatic carboxylic acids is 1. The first kappa shape index (κ1) is 33.6. The molecule has 0 bridgehead atoms. The van der Waals surface area contributed by atoms with Gasteiger partial charge in [-0.15, -0.1) is 0 Å². The van der Waals surface area contributed by atoms with Gasteiger partial charge in [-0.3, -0.25) is 14.4 Å². The molecule has 3 unspecified atom stereocenters. The number of piperidine rings is 1. The summed E-state index contributed by atoms with van der Waals surface area (Å²) < 4.78 is 13.1. The summed E-state index contributed by atoms with van der Waals surface area (Å²) in [5, 5.41) is 24.3. The van der Waals surface area contributed by atoms with Crippen molar-refractivity contribution in [3.63, 3.8) is 0 Å². The van der Waals surface area contributed by atoms with Gasteiger partial charge in [0, 0.05) is 56.7 Å². The van der Waals surface area contributed by atoms with E-state index in [-0.39, 0.29) is 43.5 Å². The summed E-state index contributed by atoms with van der Waals surface area (Å²) >= 11 is 0. The molecule has 3 aliphatic heterocycles. The minimum Gasteiger partial charge on any atom is -0.481 e. The highest BCUT2D eigenvalue weighted by Gasteiger charge is 2.50. The maximum Gasteiger partial charge on any atom is 0.303 e. The standard InChI is InChI=1S/C37H44N4O7/c42-24-27-11-13-28(14-12-27)32-21-31(23-40-19-17-37(18-20-40)36(46)39-25-41(37)30-5-2-1-3-6-30)47-35(48-32)29-15-9-26(10-16-29)22-38-33(43)7-4-8-34(44)45/h1-3,5-6,9-16,31-32,35,42H,4,7-8,17-25H2,(H,38,43)(H,39,46)(H,44,45). The molecule has 11 heteroatoms. The van der Waals surface area contributed by atoms with Crippen LogP contribution in [0.2, 0.25) is 0 Å². The van der Waals surface area contributed by atoms with E-state index in [0.717, 1.165) is 53.9 Å². The molecule has 0 aliphatic carbocycles. The highest BCUT2D eigenvalue weighted by molar-refractivity contribution is 5.93. The molecule has 3 heterocycles. The van der Waals surface area contributed by atoms with Crippen molar-refractivity contribution in [2.75, 3.05) is 31.2 Å². The number of ether oxygens (including phenoxy) is 2. The second-order valence-corrected chi connectivity index (χ2v) is 12.9. The number of carboxylic acid groups (broad SMARTS) is 1. The van der Waals surface area contributed by atoms with Gasteiger partial charge in [-0.2, -0.15) is 0 Å². The monoisotopic (exact) mass is 656 g/mol. The van der Waals surface area contributed by atoms with Crippen LogP contribution >= 0.6 is 0 Å². The van der Waals surface area contributed by atoms with Crippen LogP contribution in [0.15, 0.2) is 78.9 Å². The fourth-order valence-corrected chi connectivity index (χ4v) is 6.94. The zero-order valence-corrected chi connectivity index (χ0v) is 27.1. The number of carbonyl (C=O) groups excluding carboxylic acids is 2. The first-order valence-electron chi connectivity index (χ1n) is 16.7. The number of carbonyl (C=O) groups is 3. The quantitative estimate of drug-likeness (QED) is 0.228. The summed E-state index contributed by atoms with van der Waals surface area (Å²) in [5.74, 6) is -0.988. The predicted molar refractivity (Wildman–Crippen MR) is 179 cm³/mol. The van der Waals surface area contributed by atoms with E-state index in [9.17, 15) is 19.5 Å². The Balaban J connectivity index is 1.11. The number of hydrogen-bond donors (Lipinski definition) is 4. The summed E-state index contributed by atoms with van der Waals surface area (Å²) in [6.45, 7) is 3.09. The van der Waals surface area contributed by atoms with Crippen LogP contribution in [0, 0.1) is 0 Å². The normalized spacial score (nSPS) is 22.4. The van der Waals surface area contributed by atoms with Gasteiger partial charge in [-0.25, -0.2) is 0 Å². The van der Waals surface area contributed by atoms with Crippen LogP contribution < -0.4 is 15.5 Å². The molecule has 48 heavy (non-hydrogen) atoms. The number of nitrogens with zero attached hydrogens (tertiary/aromatic N) is 2. The number of carboxylic acids is 1. The van der Waals surface area contributed by atoms with Crippen molar-refractivity contribution in [1.82, 2.24) is 15.5 Å². The molecule has 2 amide bonds. The Morgan fingerprint density at radius 3 is 2.27 bits per heavy atom. The molecule has 3 saturated heterocycles. The second kappa shape index (κ2) is 15.3. The van der Waals surface area contributed by atoms with E-state index in [1.807, 2.05) is 66.7 Å². The Bertz CT molecular complexity index is 1540. The summed E-state index contributed by atoms with van der Waals surface area (Å²) in [5.41, 5.74) is 4.15. The molecule has 3 atom stereocenters. The van der Waals surface area contributed by atoms with Crippen LogP contribution in [0.3, 0.4) is 0 Å². The van der Waals surface area contributed by atoms with Crippen LogP contribution in [-0.2, 0) is 37.0 Å². The van der Waals surface area contributed by atoms with Gasteiger partial charge in [0.2, 0.25) is 11.8 Å². The topological polar surface area (TPSA) is 141 Å². The number of para-hydroxylation sites is 1. The number of amides is 2. The zero-order chi connectivity index (χ0) is 33.5. The molecule has 3 fully saturated rings. The average molecular weight is 657 g/mol. The lowest BCUT2D eigenvalue weighted by Gasteiger charge is -2.45. The van der Waals surface area contributed by atoms with Crippen molar-refractivity contribution in [1.29, 1.82) is 0 Å². The molecule has 0 radical (unpaired) electrons. The molecular weight excluding hydrogens is 612 g/mol. The third kappa shape index (κ3) is 7.87. The Morgan fingerprint density at radius 1 is 0.896 bits per heavy atom. The van der Waals surface area contributed by atoms with E-state index < -0.39 is 17.8 Å². The van der Waals surface area contributed by atoms with Gasteiger partial charge in [-0.05, 0) is 48.1 Å². The first-order valence-corrected chi connectivity index (χ1v) is 16.7. The molecule has 0 aromatic heterocycles. The fraction of sp³-hybridized carbons (Fsp3) is 0.432. The summed E-state index contributed by atoms with van der Waals surface area (Å²) in [6.07, 6.45) is 1.64. The molecule has 6 rings (SSSR count). The van der Waals surface area contributed by atoms with Crippen LogP contribution in [0.5, 0.6) is 0 Å². The SMILES string of the molecule is O=C(O)CCCC(=O)NCc1ccc(C2OC(CN3CCC4(CC3)C(=O)NCN4c3ccccc3)CC(c3ccc(CO)cc3)O2)cc1. The highest BCUT2D eigenvalue weighted by atomic mass is 16.7. The molecule has 0 saturated carbocycles. The van der Waals surface area contributed by atoms with Gasteiger partial charge < -0.3 is 40.1 Å². The smallest absolute Gasteiger partial charge is 0.303 e. The Kier molecular flexibility index (Phi) is 10.7. The van der Waals surface area contributed by atoms with Gasteiger partial charge in [0.15, 0.2) is 6.29 Å². The van der Waals surface area contributed by atoms with Gasteiger partial charge in [0.05, 0.1) is 25.5 Å². The summed E-state index contributed by atoms with van der Waals surface area (Å²) in [6, 6.07) is 25.7.